The van der Waals surface area contributed by atoms with Crippen LogP contribution in [0.3, 0.4) is 0 Å². The van der Waals surface area contributed by atoms with Crippen molar-refractivity contribution in [3.63, 3.8) is 0 Å². The quantitative estimate of drug-likeness (QED) is 0.765. The highest BCUT2D eigenvalue weighted by molar-refractivity contribution is 5.62. The summed E-state index contributed by atoms with van der Waals surface area (Å²) in [5.74, 6) is 1.52. The lowest BCUT2D eigenvalue weighted by Gasteiger charge is -2.07. The first-order valence-corrected chi connectivity index (χ1v) is 5.95. The van der Waals surface area contributed by atoms with Crippen LogP contribution >= 0.6 is 0 Å². The average molecular weight is 264 g/mol. The van der Waals surface area contributed by atoms with Gasteiger partial charge in [-0.3, -0.25) is 0 Å². The lowest BCUT2D eigenvalue weighted by atomic mass is 10.1. The van der Waals surface area contributed by atoms with Crippen LogP contribution in [0, 0.1) is 0 Å². The Morgan fingerprint density at radius 3 is 2.84 bits per heavy atom. The van der Waals surface area contributed by atoms with Crippen LogP contribution in [0.15, 0.2) is 24.3 Å². The molecule has 1 atom stereocenters. The number of ether oxygens (including phenoxy) is 4. The molecule has 1 aliphatic rings. The van der Waals surface area contributed by atoms with Gasteiger partial charge in [0.05, 0.1) is 14.2 Å². The van der Waals surface area contributed by atoms with Gasteiger partial charge in [-0.2, -0.15) is 0 Å². The number of hydrogen-bond acceptors (Lipinski definition) is 5. The number of hydrogen-bond donors (Lipinski definition) is 0. The van der Waals surface area contributed by atoms with Gasteiger partial charge in [0.25, 0.3) is 0 Å². The predicted molar refractivity (Wildman–Crippen MR) is 69.4 cm³/mol. The minimum absolute atomic E-state index is 0.208. The Balaban J connectivity index is 2.02. The third-order valence-corrected chi connectivity index (χ3v) is 2.78. The first-order valence-electron chi connectivity index (χ1n) is 5.95. The molecule has 5 nitrogen and oxygen atoms in total. The smallest absolute Gasteiger partial charge is 0.497 e. The van der Waals surface area contributed by atoms with Gasteiger partial charge in [-0.15, -0.1) is 0 Å². The highest BCUT2D eigenvalue weighted by Crippen LogP contribution is 2.25. The fourth-order valence-electron chi connectivity index (χ4n) is 1.80. The van der Waals surface area contributed by atoms with Gasteiger partial charge in [0.2, 0.25) is 0 Å². The normalized spacial score (nSPS) is 18.2. The van der Waals surface area contributed by atoms with Gasteiger partial charge >= 0.3 is 6.16 Å². The summed E-state index contributed by atoms with van der Waals surface area (Å²) < 4.78 is 20.1. The topological polar surface area (TPSA) is 54.0 Å². The van der Waals surface area contributed by atoms with Gasteiger partial charge in [-0.05, 0) is 18.2 Å². The second-order valence-corrected chi connectivity index (χ2v) is 4.05. The Bertz CT molecular complexity index is 481. The number of methoxy groups -OCH3 is 2. The minimum atomic E-state index is -0.600. The van der Waals surface area contributed by atoms with Crippen molar-refractivity contribution < 1.29 is 23.7 Å². The Morgan fingerprint density at radius 1 is 1.37 bits per heavy atom. The number of rotatable bonds is 5. The summed E-state index contributed by atoms with van der Waals surface area (Å²) in [6.45, 7) is 0.304. The molecule has 1 unspecified atom stereocenters. The zero-order valence-corrected chi connectivity index (χ0v) is 10.9. The maximum atomic E-state index is 10.8. The molecule has 0 saturated carbocycles. The average Bonchev–Trinajstić information content (AvgIpc) is 2.84. The molecule has 0 radical (unpaired) electrons. The van der Waals surface area contributed by atoms with Crippen LogP contribution < -0.4 is 9.47 Å². The molecule has 1 aliphatic heterocycles. The molecule has 5 heteroatoms. The van der Waals surface area contributed by atoms with E-state index in [9.17, 15) is 4.79 Å². The molecule has 102 valence electrons. The van der Waals surface area contributed by atoms with Crippen molar-refractivity contribution in [1.29, 1.82) is 0 Å². The fraction of sp³-hybridized carbons (Fsp3) is 0.357. The molecule has 1 fully saturated rings. The lowest BCUT2D eigenvalue weighted by molar-refractivity contribution is 0.119. The SMILES string of the molecule is COc1ccc(OC)c(/C=C/CC2COC(=O)O2)c1. The molecule has 0 N–H and O–H groups in total. The van der Waals surface area contributed by atoms with Gasteiger partial charge < -0.3 is 18.9 Å². The van der Waals surface area contributed by atoms with Crippen molar-refractivity contribution in [2.75, 3.05) is 20.8 Å². The zero-order chi connectivity index (χ0) is 13.7. The summed E-state index contributed by atoms with van der Waals surface area (Å²) >= 11 is 0. The minimum Gasteiger partial charge on any atom is -0.497 e. The molecular weight excluding hydrogens is 248 g/mol. The third-order valence-electron chi connectivity index (χ3n) is 2.78. The third kappa shape index (κ3) is 3.40. The van der Waals surface area contributed by atoms with E-state index in [0.29, 0.717) is 13.0 Å². The highest BCUT2D eigenvalue weighted by Gasteiger charge is 2.23. The van der Waals surface area contributed by atoms with E-state index in [1.54, 1.807) is 14.2 Å². The molecule has 1 aromatic rings. The van der Waals surface area contributed by atoms with E-state index < -0.39 is 6.16 Å². The monoisotopic (exact) mass is 264 g/mol. The van der Waals surface area contributed by atoms with Crippen LogP contribution in [0.25, 0.3) is 6.08 Å². The summed E-state index contributed by atoms with van der Waals surface area (Å²) in [5.41, 5.74) is 0.909. The van der Waals surface area contributed by atoms with Crippen molar-refractivity contribution in [2.24, 2.45) is 0 Å². The van der Waals surface area contributed by atoms with Crippen molar-refractivity contribution >= 4 is 12.2 Å². The molecule has 1 aromatic carbocycles. The number of benzene rings is 1. The van der Waals surface area contributed by atoms with Gasteiger partial charge in [0.15, 0.2) is 0 Å². The molecule has 2 rings (SSSR count). The van der Waals surface area contributed by atoms with Crippen LogP contribution in [0.5, 0.6) is 11.5 Å². The van der Waals surface area contributed by atoms with E-state index in [2.05, 4.69) is 0 Å². The van der Waals surface area contributed by atoms with Crippen molar-refractivity contribution in [2.45, 2.75) is 12.5 Å². The summed E-state index contributed by atoms with van der Waals surface area (Å²) in [6, 6.07) is 5.56. The van der Waals surface area contributed by atoms with E-state index in [-0.39, 0.29) is 6.10 Å². The van der Waals surface area contributed by atoms with E-state index in [1.165, 1.54) is 0 Å². The fourth-order valence-corrected chi connectivity index (χ4v) is 1.80. The Kier molecular flexibility index (Phi) is 4.28. The standard InChI is InChI=1S/C14H16O5/c1-16-11-6-7-13(17-2)10(8-11)4-3-5-12-9-18-14(15)19-12/h3-4,6-8,12H,5,9H2,1-2H3/b4-3+. The molecular formula is C14H16O5. The van der Waals surface area contributed by atoms with Gasteiger partial charge in [0.1, 0.15) is 24.2 Å². The van der Waals surface area contributed by atoms with E-state index in [4.69, 9.17) is 18.9 Å². The van der Waals surface area contributed by atoms with Crippen molar-refractivity contribution in [3.05, 3.63) is 29.8 Å². The maximum absolute atomic E-state index is 10.8. The Hall–Kier alpha value is -2.17. The van der Waals surface area contributed by atoms with Crippen LogP contribution in [0.4, 0.5) is 4.79 Å². The largest absolute Gasteiger partial charge is 0.508 e. The molecule has 1 heterocycles. The summed E-state index contributed by atoms with van der Waals surface area (Å²) in [6.07, 6.45) is 3.63. The first kappa shape index (κ1) is 13.3. The summed E-state index contributed by atoms with van der Waals surface area (Å²) in [5, 5.41) is 0. The van der Waals surface area contributed by atoms with E-state index in [0.717, 1.165) is 17.1 Å². The summed E-state index contributed by atoms with van der Waals surface area (Å²) in [7, 11) is 3.23. The second-order valence-electron chi connectivity index (χ2n) is 4.05. The summed E-state index contributed by atoms with van der Waals surface area (Å²) in [4.78, 5) is 10.8. The van der Waals surface area contributed by atoms with E-state index in [1.807, 2.05) is 30.4 Å². The molecule has 19 heavy (non-hydrogen) atoms. The van der Waals surface area contributed by atoms with Gasteiger partial charge in [-0.25, -0.2) is 4.79 Å². The number of carbonyl (C=O) groups is 1. The molecule has 0 aliphatic carbocycles. The first-order chi connectivity index (χ1) is 9.22. The van der Waals surface area contributed by atoms with Crippen molar-refractivity contribution in [1.82, 2.24) is 0 Å². The molecule has 0 aromatic heterocycles. The molecule has 0 bridgehead atoms. The van der Waals surface area contributed by atoms with Crippen LogP contribution in [-0.2, 0) is 9.47 Å². The Labute approximate surface area is 111 Å². The molecule has 0 amide bonds. The van der Waals surface area contributed by atoms with Gasteiger partial charge in [-0.1, -0.05) is 12.2 Å². The number of carbonyl (C=O) groups excluding carboxylic acids is 1. The Morgan fingerprint density at radius 2 is 2.21 bits per heavy atom. The molecule has 0 spiro atoms. The predicted octanol–water partition coefficient (Wildman–Crippen LogP) is 2.64. The lowest BCUT2D eigenvalue weighted by Crippen LogP contribution is -2.07. The highest BCUT2D eigenvalue weighted by atomic mass is 16.8. The second kappa shape index (κ2) is 6.13. The van der Waals surface area contributed by atoms with Crippen LogP contribution in [0.1, 0.15) is 12.0 Å². The molecule has 1 saturated heterocycles. The van der Waals surface area contributed by atoms with Crippen LogP contribution in [0.2, 0.25) is 0 Å². The maximum Gasteiger partial charge on any atom is 0.508 e. The van der Waals surface area contributed by atoms with Gasteiger partial charge in [0, 0.05) is 12.0 Å². The van der Waals surface area contributed by atoms with Crippen LogP contribution in [-0.4, -0.2) is 33.1 Å². The zero-order valence-electron chi connectivity index (χ0n) is 10.9. The van der Waals surface area contributed by atoms with Crippen molar-refractivity contribution in [3.8, 4) is 11.5 Å². The number of cyclic esters (lactones) is 2. The van der Waals surface area contributed by atoms with E-state index >= 15 is 0 Å².